The number of benzene rings is 1. The zero-order valence-electron chi connectivity index (χ0n) is 9.47. The molecule has 0 aliphatic heterocycles. The number of nitrogens with zero attached hydrogens (tertiary/aromatic N) is 1. The lowest BCUT2D eigenvalue weighted by atomic mass is 10.1. The second kappa shape index (κ2) is 6.80. The molecule has 98 valence electrons. The zero-order valence-corrected chi connectivity index (χ0v) is 10.2. The molecule has 0 spiro atoms. The van der Waals surface area contributed by atoms with Crippen LogP contribution in [0.1, 0.15) is 23.2 Å². The van der Waals surface area contributed by atoms with Gasteiger partial charge in [0.2, 0.25) is 0 Å². The van der Waals surface area contributed by atoms with E-state index in [1.807, 2.05) is 0 Å². The number of carboxylic acids is 1. The number of unbranched alkanes of at least 4 members (excludes halogenated alkanes) is 1. The quantitative estimate of drug-likeness (QED) is 0.357. The summed E-state index contributed by atoms with van der Waals surface area (Å²) in [7, 11) is 0. The Morgan fingerprint density at radius 2 is 2.17 bits per heavy atom. The number of aromatic carboxylic acids is 1. The van der Waals surface area contributed by atoms with Gasteiger partial charge >= 0.3 is 5.97 Å². The van der Waals surface area contributed by atoms with E-state index in [1.54, 1.807) is 0 Å². The Morgan fingerprint density at radius 3 is 2.72 bits per heavy atom. The van der Waals surface area contributed by atoms with E-state index in [1.165, 1.54) is 6.07 Å². The van der Waals surface area contributed by atoms with Crippen LogP contribution in [-0.4, -0.2) is 28.5 Å². The molecule has 0 unspecified atom stereocenters. The number of nitro benzene ring substituents is 1. The second-order valence-electron chi connectivity index (χ2n) is 3.49. The lowest BCUT2D eigenvalue weighted by Gasteiger charge is -2.06. The molecule has 1 aromatic rings. The molecule has 0 heterocycles. The van der Waals surface area contributed by atoms with Crippen molar-refractivity contribution in [2.75, 3.05) is 12.5 Å². The van der Waals surface area contributed by atoms with Crippen LogP contribution >= 0.6 is 11.6 Å². The van der Waals surface area contributed by atoms with E-state index in [0.29, 0.717) is 18.2 Å². The Bertz CT molecular complexity index is 449. The smallest absolute Gasteiger partial charge is 0.342 e. The molecule has 7 heteroatoms. The van der Waals surface area contributed by atoms with E-state index in [0.717, 1.165) is 25.0 Å². The molecule has 0 aliphatic carbocycles. The number of alkyl halides is 1. The van der Waals surface area contributed by atoms with E-state index < -0.39 is 16.6 Å². The van der Waals surface area contributed by atoms with Gasteiger partial charge in [-0.1, -0.05) is 0 Å². The fourth-order valence-corrected chi connectivity index (χ4v) is 1.51. The van der Waals surface area contributed by atoms with Crippen molar-refractivity contribution < 1.29 is 19.6 Å². The number of rotatable bonds is 7. The molecule has 1 aromatic carbocycles. The van der Waals surface area contributed by atoms with Gasteiger partial charge in [0.1, 0.15) is 11.3 Å². The first-order valence-corrected chi connectivity index (χ1v) is 5.80. The van der Waals surface area contributed by atoms with Crippen LogP contribution in [0, 0.1) is 10.1 Å². The van der Waals surface area contributed by atoms with Gasteiger partial charge < -0.3 is 9.84 Å². The predicted molar refractivity (Wildman–Crippen MR) is 65.5 cm³/mol. The third-order valence-electron chi connectivity index (χ3n) is 2.19. The molecular weight excluding hydrogens is 262 g/mol. The Morgan fingerprint density at radius 1 is 1.44 bits per heavy atom. The molecule has 0 aliphatic rings. The summed E-state index contributed by atoms with van der Waals surface area (Å²) in [6.07, 6.45) is 1.53. The van der Waals surface area contributed by atoms with Gasteiger partial charge in [0, 0.05) is 18.0 Å². The van der Waals surface area contributed by atoms with Gasteiger partial charge in [-0.2, -0.15) is 0 Å². The van der Waals surface area contributed by atoms with Crippen molar-refractivity contribution in [1.29, 1.82) is 0 Å². The summed E-state index contributed by atoms with van der Waals surface area (Å²) in [5, 5.41) is 19.5. The van der Waals surface area contributed by atoms with Crippen LogP contribution in [0.25, 0.3) is 0 Å². The highest BCUT2D eigenvalue weighted by atomic mass is 35.5. The van der Waals surface area contributed by atoms with E-state index in [-0.39, 0.29) is 5.56 Å². The van der Waals surface area contributed by atoms with Gasteiger partial charge in [-0.05, 0) is 18.9 Å². The first kappa shape index (κ1) is 14.2. The fourth-order valence-electron chi connectivity index (χ4n) is 1.32. The summed E-state index contributed by atoms with van der Waals surface area (Å²) < 4.78 is 5.29. The summed E-state index contributed by atoms with van der Waals surface area (Å²) in [6.45, 7) is 0.392. The molecule has 1 rings (SSSR count). The second-order valence-corrected chi connectivity index (χ2v) is 3.86. The lowest BCUT2D eigenvalue weighted by Crippen LogP contribution is -2.04. The minimum absolute atomic E-state index is 0.299. The average Bonchev–Trinajstić information content (AvgIpc) is 2.34. The van der Waals surface area contributed by atoms with Crippen LogP contribution in [0.4, 0.5) is 5.69 Å². The Labute approximate surface area is 108 Å². The highest BCUT2D eigenvalue weighted by molar-refractivity contribution is 6.17. The number of ether oxygens (including phenoxy) is 1. The van der Waals surface area contributed by atoms with Gasteiger partial charge in [-0.25, -0.2) is 4.79 Å². The summed E-state index contributed by atoms with van der Waals surface area (Å²) in [5.74, 6) is -0.523. The molecular formula is C11H12ClNO5. The van der Waals surface area contributed by atoms with E-state index in [9.17, 15) is 14.9 Å². The van der Waals surface area contributed by atoms with Crippen LogP contribution in [0.15, 0.2) is 18.2 Å². The predicted octanol–water partition coefficient (Wildman–Crippen LogP) is 2.69. The Balaban J connectivity index is 2.80. The van der Waals surface area contributed by atoms with Crippen LogP contribution in [0.2, 0.25) is 0 Å². The summed E-state index contributed by atoms with van der Waals surface area (Å²) in [5.41, 5.74) is -0.828. The number of nitro groups is 1. The van der Waals surface area contributed by atoms with Crippen LogP contribution < -0.4 is 4.74 Å². The number of hydrogen-bond donors (Lipinski definition) is 1. The molecule has 0 aromatic heterocycles. The van der Waals surface area contributed by atoms with Crippen molar-refractivity contribution >= 4 is 23.3 Å². The standard InChI is InChI=1S/C11H12ClNO5/c12-5-1-2-6-18-8-3-4-10(13(16)17)9(7-8)11(14)15/h3-4,7H,1-2,5-6H2,(H,14,15). The average molecular weight is 274 g/mol. The summed E-state index contributed by atoms with van der Waals surface area (Å²) >= 11 is 5.50. The molecule has 0 atom stereocenters. The minimum Gasteiger partial charge on any atom is -0.494 e. The molecule has 0 fully saturated rings. The molecule has 6 nitrogen and oxygen atoms in total. The van der Waals surface area contributed by atoms with Gasteiger partial charge in [-0.15, -0.1) is 11.6 Å². The Hall–Kier alpha value is -1.82. The maximum atomic E-state index is 10.9. The zero-order chi connectivity index (χ0) is 13.5. The SMILES string of the molecule is O=C(O)c1cc(OCCCCCl)ccc1[N+](=O)[O-]. The Kier molecular flexibility index (Phi) is 5.38. The highest BCUT2D eigenvalue weighted by Crippen LogP contribution is 2.24. The molecule has 0 saturated carbocycles. The molecule has 0 saturated heterocycles. The third-order valence-corrected chi connectivity index (χ3v) is 2.46. The fraction of sp³-hybridized carbons (Fsp3) is 0.364. The maximum Gasteiger partial charge on any atom is 0.342 e. The van der Waals surface area contributed by atoms with Crippen molar-refractivity contribution in [3.63, 3.8) is 0 Å². The van der Waals surface area contributed by atoms with Crippen LogP contribution in [0.5, 0.6) is 5.75 Å². The van der Waals surface area contributed by atoms with E-state index in [4.69, 9.17) is 21.4 Å². The minimum atomic E-state index is -1.35. The molecule has 0 amide bonds. The van der Waals surface area contributed by atoms with Gasteiger partial charge in [0.05, 0.1) is 11.5 Å². The highest BCUT2D eigenvalue weighted by Gasteiger charge is 2.20. The van der Waals surface area contributed by atoms with Crippen molar-refractivity contribution in [2.45, 2.75) is 12.8 Å². The summed E-state index contributed by atoms with van der Waals surface area (Å²) in [6, 6.07) is 3.66. The van der Waals surface area contributed by atoms with Crippen LogP contribution in [-0.2, 0) is 0 Å². The van der Waals surface area contributed by atoms with Crippen molar-refractivity contribution in [1.82, 2.24) is 0 Å². The van der Waals surface area contributed by atoms with Gasteiger partial charge in [0.25, 0.3) is 5.69 Å². The lowest BCUT2D eigenvalue weighted by molar-refractivity contribution is -0.385. The van der Waals surface area contributed by atoms with E-state index in [2.05, 4.69) is 0 Å². The largest absolute Gasteiger partial charge is 0.494 e. The first-order chi connectivity index (χ1) is 8.56. The molecule has 0 bridgehead atoms. The molecule has 1 N–H and O–H groups in total. The van der Waals surface area contributed by atoms with Crippen molar-refractivity contribution in [2.24, 2.45) is 0 Å². The first-order valence-electron chi connectivity index (χ1n) is 5.26. The molecule has 18 heavy (non-hydrogen) atoms. The van der Waals surface area contributed by atoms with E-state index >= 15 is 0 Å². The van der Waals surface area contributed by atoms with Crippen LogP contribution in [0.3, 0.4) is 0 Å². The molecule has 0 radical (unpaired) electrons. The monoisotopic (exact) mass is 273 g/mol. The van der Waals surface area contributed by atoms with Crippen molar-refractivity contribution in [3.05, 3.63) is 33.9 Å². The third kappa shape index (κ3) is 3.89. The number of halogens is 1. The van der Waals surface area contributed by atoms with Crippen molar-refractivity contribution in [3.8, 4) is 5.75 Å². The van der Waals surface area contributed by atoms with Gasteiger partial charge in [-0.3, -0.25) is 10.1 Å². The number of hydrogen-bond acceptors (Lipinski definition) is 4. The number of carboxylic acid groups (broad SMARTS) is 1. The number of carbonyl (C=O) groups is 1. The normalized spacial score (nSPS) is 10.1. The van der Waals surface area contributed by atoms with Gasteiger partial charge in [0.15, 0.2) is 0 Å². The topological polar surface area (TPSA) is 89.7 Å². The maximum absolute atomic E-state index is 10.9. The summed E-state index contributed by atoms with van der Waals surface area (Å²) in [4.78, 5) is 20.8.